The van der Waals surface area contributed by atoms with Gasteiger partial charge in [0.2, 0.25) is 11.8 Å². The Bertz CT molecular complexity index is 412. The molecule has 7 heteroatoms. The number of piperazine rings is 1. The van der Waals surface area contributed by atoms with E-state index in [2.05, 4.69) is 5.32 Å². The van der Waals surface area contributed by atoms with Crippen molar-refractivity contribution < 1.29 is 22.8 Å². The Morgan fingerprint density at radius 1 is 1.38 bits per heavy atom. The molecule has 0 spiro atoms. The number of hydrogen-bond acceptors (Lipinski definition) is 2. The van der Waals surface area contributed by atoms with Gasteiger partial charge in [-0.2, -0.15) is 13.2 Å². The predicted molar refractivity (Wildman–Crippen MR) is 70.3 cm³/mol. The lowest BCUT2D eigenvalue weighted by atomic mass is 9.80. The van der Waals surface area contributed by atoms with E-state index >= 15 is 0 Å². The van der Waals surface area contributed by atoms with Crippen molar-refractivity contribution in [1.82, 2.24) is 10.2 Å². The summed E-state index contributed by atoms with van der Waals surface area (Å²) in [6, 6.07) is -0.544. The molecule has 1 aliphatic carbocycles. The van der Waals surface area contributed by atoms with Gasteiger partial charge in [-0.15, -0.1) is 0 Å². The van der Waals surface area contributed by atoms with Crippen molar-refractivity contribution >= 4 is 11.8 Å². The van der Waals surface area contributed by atoms with E-state index in [1.807, 2.05) is 0 Å². The molecule has 1 heterocycles. The zero-order valence-corrected chi connectivity index (χ0v) is 12.1. The number of hydrogen-bond donors (Lipinski definition) is 1. The smallest absolute Gasteiger partial charge is 0.353 e. The molecule has 2 aliphatic rings. The van der Waals surface area contributed by atoms with Crippen LogP contribution in [-0.2, 0) is 9.59 Å². The lowest BCUT2D eigenvalue weighted by molar-refractivity contribution is -0.187. The third-order valence-electron chi connectivity index (χ3n) is 4.49. The van der Waals surface area contributed by atoms with Crippen LogP contribution in [0.4, 0.5) is 13.2 Å². The minimum absolute atomic E-state index is 0.102. The van der Waals surface area contributed by atoms with Crippen molar-refractivity contribution in [2.45, 2.75) is 51.2 Å². The van der Waals surface area contributed by atoms with Gasteiger partial charge in [-0.3, -0.25) is 9.59 Å². The normalized spacial score (nSPS) is 31.0. The summed E-state index contributed by atoms with van der Waals surface area (Å²) in [5.41, 5.74) is 0. The second kappa shape index (κ2) is 6.23. The molecule has 1 N–H and O–H groups in total. The highest BCUT2D eigenvalue weighted by Crippen LogP contribution is 2.40. The molecule has 2 fully saturated rings. The fourth-order valence-electron chi connectivity index (χ4n) is 3.33. The Hall–Kier alpha value is -1.27. The summed E-state index contributed by atoms with van der Waals surface area (Å²) >= 11 is 0. The van der Waals surface area contributed by atoms with Gasteiger partial charge in [-0.1, -0.05) is 13.3 Å². The Morgan fingerprint density at radius 2 is 2.10 bits per heavy atom. The molecule has 4 nitrogen and oxygen atoms in total. The maximum atomic E-state index is 12.8. The highest BCUT2D eigenvalue weighted by molar-refractivity contribution is 5.89. The van der Waals surface area contributed by atoms with E-state index in [0.717, 1.165) is 0 Å². The molecule has 0 aromatic heterocycles. The van der Waals surface area contributed by atoms with Crippen LogP contribution >= 0.6 is 0 Å². The average Bonchev–Trinajstić information content (AvgIpc) is 2.45. The second-order valence-electron chi connectivity index (χ2n) is 5.85. The quantitative estimate of drug-likeness (QED) is 0.849. The molecular formula is C14H21F3N2O2. The van der Waals surface area contributed by atoms with E-state index in [0.29, 0.717) is 32.4 Å². The molecule has 0 aromatic rings. The first-order valence-electron chi connectivity index (χ1n) is 7.49. The monoisotopic (exact) mass is 306 g/mol. The van der Waals surface area contributed by atoms with E-state index < -0.39 is 24.1 Å². The zero-order chi connectivity index (χ0) is 15.6. The number of halogens is 3. The molecule has 1 aliphatic heterocycles. The summed E-state index contributed by atoms with van der Waals surface area (Å²) in [5.74, 6) is -2.49. The molecule has 120 valence electrons. The Kier molecular flexibility index (Phi) is 4.78. The molecule has 2 amide bonds. The number of alkyl halides is 3. The van der Waals surface area contributed by atoms with Crippen LogP contribution in [0.5, 0.6) is 0 Å². The van der Waals surface area contributed by atoms with Gasteiger partial charge in [0.1, 0.15) is 6.04 Å². The third kappa shape index (κ3) is 3.49. The van der Waals surface area contributed by atoms with Crippen molar-refractivity contribution in [3.63, 3.8) is 0 Å². The van der Waals surface area contributed by atoms with Crippen LogP contribution in [0, 0.1) is 11.8 Å². The van der Waals surface area contributed by atoms with Crippen LogP contribution in [-0.4, -0.2) is 42.0 Å². The van der Waals surface area contributed by atoms with E-state index in [-0.39, 0.29) is 24.7 Å². The topological polar surface area (TPSA) is 49.4 Å². The summed E-state index contributed by atoms with van der Waals surface area (Å²) in [4.78, 5) is 25.8. The first kappa shape index (κ1) is 16.1. The summed E-state index contributed by atoms with van der Waals surface area (Å²) in [6.07, 6.45) is -2.89. The second-order valence-corrected chi connectivity index (χ2v) is 5.85. The zero-order valence-electron chi connectivity index (χ0n) is 12.1. The molecule has 3 unspecified atom stereocenters. The molecule has 21 heavy (non-hydrogen) atoms. The summed E-state index contributed by atoms with van der Waals surface area (Å²) in [5, 5.41) is 2.69. The van der Waals surface area contributed by atoms with Gasteiger partial charge in [-0.05, 0) is 25.7 Å². The number of rotatable bonds is 2. The molecule has 1 saturated heterocycles. The lowest BCUT2D eigenvalue weighted by Gasteiger charge is -2.39. The van der Waals surface area contributed by atoms with Crippen LogP contribution in [0.15, 0.2) is 0 Å². The molecule has 3 atom stereocenters. The van der Waals surface area contributed by atoms with E-state index in [4.69, 9.17) is 0 Å². The number of carbonyl (C=O) groups is 2. The van der Waals surface area contributed by atoms with Gasteiger partial charge in [-0.25, -0.2) is 0 Å². The SMILES string of the molecule is CCC1C(=O)NCCN1C(=O)C1CCCC(C(F)(F)F)C1. The molecule has 0 aromatic carbocycles. The van der Waals surface area contributed by atoms with Gasteiger partial charge in [0.15, 0.2) is 0 Å². The maximum absolute atomic E-state index is 12.8. The van der Waals surface area contributed by atoms with E-state index in [9.17, 15) is 22.8 Å². The average molecular weight is 306 g/mol. The van der Waals surface area contributed by atoms with Gasteiger partial charge in [0, 0.05) is 19.0 Å². The van der Waals surface area contributed by atoms with E-state index in [1.54, 1.807) is 6.92 Å². The highest BCUT2D eigenvalue weighted by Gasteiger charge is 2.45. The molecule has 0 radical (unpaired) electrons. The fourth-order valence-corrected chi connectivity index (χ4v) is 3.33. The number of amides is 2. The Balaban J connectivity index is 2.06. The van der Waals surface area contributed by atoms with Crippen LogP contribution in [0.25, 0.3) is 0 Å². The van der Waals surface area contributed by atoms with Crippen molar-refractivity contribution in [2.24, 2.45) is 11.8 Å². The van der Waals surface area contributed by atoms with Gasteiger partial charge >= 0.3 is 6.18 Å². The largest absolute Gasteiger partial charge is 0.391 e. The van der Waals surface area contributed by atoms with Crippen LogP contribution < -0.4 is 5.32 Å². The van der Waals surface area contributed by atoms with Gasteiger partial charge in [0.25, 0.3) is 0 Å². The van der Waals surface area contributed by atoms with E-state index in [1.165, 1.54) is 4.90 Å². The molecule has 0 bridgehead atoms. The van der Waals surface area contributed by atoms with Crippen molar-refractivity contribution in [3.8, 4) is 0 Å². The molecule has 2 rings (SSSR count). The van der Waals surface area contributed by atoms with Crippen LogP contribution in [0.3, 0.4) is 0 Å². The standard InChI is InChI=1S/C14H21F3N2O2/c1-2-11-12(20)18-6-7-19(11)13(21)9-4-3-5-10(8-9)14(15,16)17/h9-11H,2-8H2,1H3,(H,18,20). The Labute approximate surface area is 122 Å². The predicted octanol–water partition coefficient (Wildman–Crippen LogP) is 2.09. The summed E-state index contributed by atoms with van der Waals surface area (Å²) in [7, 11) is 0. The molecular weight excluding hydrogens is 285 g/mol. The summed E-state index contributed by atoms with van der Waals surface area (Å²) in [6.45, 7) is 2.56. The third-order valence-corrected chi connectivity index (χ3v) is 4.49. The maximum Gasteiger partial charge on any atom is 0.391 e. The number of nitrogens with zero attached hydrogens (tertiary/aromatic N) is 1. The van der Waals surface area contributed by atoms with Gasteiger partial charge < -0.3 is 10.2 Å². The molecule has 1 saturated carbocycles. The van der Waals surface area contributed by atoms with Gasteiger partial charge in [0.05, 0.1) is 5.92 Å². The fraction of sp³-hybridized carbons (Fsp3) is 0.857. The number of nitrogens with one attached hydrogen (secondary N) is 1. The van der Waals surface area contributed by atoms with Crippen molar-refractivity contribution in [1.29, 1.82) is 0 Å². The van der Waals surface area contributed by atoms with Crippen LogP contribution in [0.1, 0.15) is 39.0 Å². The van der Waals surface area contributed by atoms with Crippen LogP contribution in [0.2, 0.25) is 0 Å². The highest BCUT2D eigenvalue weighted by atomic mass is 19.4. The Morgan fingerprint density at radius 3 is 2.71 bits per heavy atom. The minimum Gasteiger partial charge on any atom is -0.353 e. The lowest BCUT2D eigenvalue weighted by Crippen LogP contribution is -2.58. The summed E-state index contributed by atoms with van der Waals surface area (Å²) < 4.78 is 38.5. The first-order chi connectivity index (χ1) is 9.84. The number of carbonyl (C=O) groups excluding carboxylic acids is 2. The first-order valence-corrected chi connectivity index (χ1v) is 7.49. The van der Waals surface area contributed by atoms with Crippen molar-refractivity contribution in [2.75, 3.05) is 13.1 Å². The minimum atomic E-state index is -4.23. The van der Waals surface area contributed by atoms with Crippen molar-refractivity contribution in [3.05, 3.63) is 0 Å².